The van der Waals surface area contributed by atoms with E-state index in [0.29, 0.717) is 29.6 Å². The van der Waals surface area contributed by atoms with Crippen molar-refractivity contribution in [1.29, 1.82) is 0 Å². The van der Waals surface area contributed by atoms with Crippen LogP contribution >= 0.6 is 11.6 Å². The lowest BCUT2D eigenvalue weighted by Gasteiger charge is -2.18. The Hall–Kier alpha value is -2.14. The third kappa shape index (κ3) is 3.99. The molecule has 0 bridgehead atoms. The Morgan fingerprint density at radius 1 is 1.17 bits per heavy atom. The Morgan fingerprint density at radius 2 is 1.78 bits per heavy atom. The molecule has 0 aliphatic heterocycles. The molecule has 122 valence electrons. The maximum Gasteiger partial charge on any atom is 0.256 e. The lowest BCUT2D eigenvalue weighted by Crippen LogP contribution is -2.30. The summed E-state index contributed by atoms with van der Waals surface area (Å²) in [5.74, 6) is 0.348. The van der Waals surface area contributed by atoms with Crippen molar-refractivity contribution in [3.8, 4) is 0 Å². The second kappa shape index (κ2) is 7.42. The van der Waals surface area contributed by atoms with Crippen molar-refractivity contribution in [2.75, 3.05) is 18.4 Å². The minimum atomic E-state index is -0.0638. The van der Waals surface area contributed by atoms with E-state index in [1.54, 1.807) is 4.90 Å². The van der Waals surface area contributed by atoms with E-state index < -0.39 is 0 Å². The van der Waals surface area contributed by atoms with Crippen molar-refractivity contribution < 1.29 is 4.79 Å². The molecule has 2 aromatic rings. The van der Waals surface area contributed by atoms with E-state index >= 15 is 0 Å². The smallest absolute Gasteiger partial charge is 0.256 e. The zero-order valence-corrected chi connectivity index (χ0v) is 14.6. The van der Waals surface area contributed by atoms with Crippen molar-refractivity contribution in [2.45, 2.75) is 27.7 Å². The van der Waals surface area contributed by atoms with Gasteiger partial charge < -0.3 is 10.2 Å². The number of hydrogen-bond acceptors (Lipinski definition) is 4. The van der Waals surface area contributed by atoms with E-state index in [9.17, 15) is 4.79 Å². The van der Waals surface area contributed by atoms with Gasteiger partial charge in [0.25, 0.3) is 5.91 Å². The topological polar surface area (TPSA) is 58.1 Å². The van der Waals surface area contributed by atoms with Crippen LogP contribution in [-0.2, 0) is 0 Å². The van der Waals surface area contributed by atoms with Gasteiger partial charge in [-0.3, -0.25) is 4.79 Å². The SMILES string of the molecule is CCN(CC)C(=O)c1cnc(Nc2c(C)cc(C)cc2Cl)nc1. The predicted molar refractivity (Wildman–Crippen MR) is 93.5 cm³/mol. The summed E-state index contributed by atoms with van der Waals surface area (Å²) < 4.78 is 0. The molecule has 0 spiro atoms. The van der Waals surface area contributed by atoms with Crippen molar-refractivity contribution in [1.82, 2.24) is 14.9 Å². The lowest BCUT2D eigenvalue weighted by atomic mass is 10.1. The zero-order chi connectivity index (χ0) is 17.0. The fourth-order valence-electron chi connectivity index (χ4n) is 2.38. The van der Waals surface area contributed by atoms with Crippen molar-refractivity contribution >= 4 is 29.1 Å². The molecule has 1 heterocycles. The van der Waals surface area contributed by atoms with Gasteiger partial charge in [-0.05, 0) is 44.9 Å². The molecule has 1 aromatic heterocycles. The van der Waals surface area contributed by atoms with Crippen LogP contribution in [0.5, 0.6) is 0 Å². The van der Waals surface area contributed by atoms with Crippen LogP contribution in [-0.4, -0.2) is 33.9 Å². The van der Waals surface area contributed by atoms with Gasteiger partial charge in [0, 0.05) is 25.5 Å². The summed E-state index contributed by atoms with van der Waals surface area (Å²) in [5.41, 5.74) is 3.37. The van der Waals surface area contributed by atoms with Gasteiger partial charge in [-0.1, -0.05) is 17.7 Å². The minimum Gasteiger partial charge on any atom is -0.339 e. The monoisotopic (exact) mass is 332 g/mol. The fourth-order valence-corrected chi connectivity index (χ4v) is 2.75. The molecule has 0 saturated carbocycles. The highest BCUT2D eigenvalue weighted by atomic mass is 35.5. The number of amides is 1. The molecular weight excluding hydrogens is 312 g/mol. The van der Waals surface area contributed by atoms with Gasteiger partial charge in [-0.2, -0.15) is 0 Å². The summed E-state index contributed by atoms with van der Waals surface area (Å²) in [6.07, 6.45) is 3.07. The summed E-state index contributed by atoms with van der Waals surface area (Å²) in [6, 6.07) is 3.92. The second-order valence-corrected chi connectivity index (χ2v) is 5.74. The predicted octanol–water partition coefficient (Wildman–Crippen LogP) is 3.97. The van der Waals surface area contributed by atoms with E-state index in [0.717, 1.165) is 16.8 Å². The van der Waals surface area contributed by atoms with Gasteiger partial charge >= 0.3 is 0 Å². The standard InChI is InChI=1S/C17H21ClN4O/c1-5-22(6-2)16(23)13-9-19-17(20-10-13)21-15-12(4)7-11(3)8-14(15)18/h7-10H,5-6H2,1-4H3,(H,19,20,21). The van der Waals surface area contributed by atoms with Crippen LogP contribution in [0.2, 0.25) is 5.02 Å². The van der Waals surface area contributed by atoms with Crippen LogP contribution in [0.15, 0.2) is 24.5 Å². The van der Waals surface area contributed by atoms with E-state index in [4.69, 9.17) is 11.6 Å². The first-order valence-electron chi connectivity index (χ1n) is 7.61. The first kappa shape index (κ1) is 17.2. The fraction of sp³-hybridized carbons (Fsp3) is 0.353. The van der Waals surface area contributed by atoms with Gasteiger partial charge in [0.1, 0.15) is 0 Å². The van der Waals surface area contributed by atoms with E-state index in [1.165, 1.54) is 12.4 Å². The maximum atomic E-state index is 12.2. The Balaban J connectivity index is 2.19. The molecule has 23 heavy (non-hydrogen) atoms. The number of nitrogens with zero attached hydrogens (tertiary/aromatic N) is 3. The van der Waals surface area contributed by atoms with Gasteiger partial charge in [-0.15, -0.1) is 0 Å². The maximum absolute atomic E-state index is 12.2. The number of halogens is 1. The van der Waals surface area contributed by atoms with Gasteiger partial charge in [0.2, 0.25) is 5.95 Å². The average molecular weight is 333 g/mol. The molecule has 0 aliphatic rings. The quantitative estimate of drug-likeness (QED) is 0.900. The lowest BCUT2D eigenvalue weighted by molar-refractivity contribution is 0.0772. The minimum absolute atomic E-state index is 0.0638. The highest BCUT2D eigenvalue weighted by Crippen LogP contribution is 2.29. The number of anilines is 2. The molecule has 0 radical (unpaired) electrons. The molecule has 0 saturated heterocycles. The molecule has 0 fully saturated rings. The summed E-state index contributed by atoms with van der Waals surface area (Å²) in [4.78, 5) is 22.4. The van der Waals surface area contributed by atoms with Crippen LogP contribution < -0.4 is 5.32 Å². The summed E-state index contributed by atoms with van der Waals surface area (Å²) in [6.45, 7) is 9.17. The zero-order valence-electron chi connectivity index (χ0n) is 13.9. The number of carbonyl (C=O) groups excluding carboxylic acids is 1. The highest BCUT2D eigenvalue weighted by Gasteiger charge is 2.14. The average Bonchev–Trinajstić information content (AvgIpc) is 2.52. The van der Waals surface area contributed by atoms with E-state index in [2.05, 4.69) is 15.3 Å². The van der Waals surface area contributed by atoms with Crippen molar-refractivity contribution in [2.24, 2.45) is 0 Å². The third-order valence-corrected chi connectivity index (χ3v) is 3.92. The summed E-state index contributed by atoms with van der Waals surface area (Å²) >= 11 is 6.27. The number of aryl methyl sites for hydroxylation is 2. The van der Waals surface area contributed by atoms with Crippen molar-refractivity contribution in [3.63, 3.8) is 0 Å². The number of rotatable bonds is 5. The number of benzene rings is 1. The second-order valence-electron chi connectivity index (χ2n) is 5.34. The molecule has 1 N–H and O–H groups in total. The first-order valence-corrected chi connectivity index (χ1v) is 7.99. The first-order chi connectivity index (χ1) is 11.0. The molecule has 0 atom stereocenters. The summed E-state index contributed by atoms with van der Waals surface area (Å²) in [5, 5.41) is 3.73. The normalized spacial score (nSPS) is 10.5. The van der Waals surface area contributed by atoms with Crippen LogP contribution in [0.4, 0.5) is 11.6 Å². The Bertz CT molecular complexity index is 673. The Morgan fingerprint density at radius 3 is 2.30 bits per heavy atom. The molecule has 1 aromatic carbocycles. The molecular formula is C17H21ClN4O. The van der Waals surface area contributed by atoms with Gasteiger partial charge in [0.05, 0.1) is 16.3 Å². The van der Waals surface area contributed by atoms with Crippen LogP contribution in [0.3, 0.4) is 0 Å². The van der Waals surface area contributed by atoms with E-state index in [1.807, 2.05) is 39.8 Å². The molecule has 6 heteroatoms. The molecule has 0 unspecified atom stereocenters. The number of aromatic nitrogens is 2. The third-order valence-electron chi connectivity index (χ3n) is 3.62. The molecule has 0 aliphatic carbocycles. The molecule has 1 amide bonds. The Labute approximate surface area is 141 Å². The molecule has 5 nitrogen and oxygen atoms in total. The van der Waals surface area contributed by atoms with E-state index in [-0.39, 0.29) is 5.91 Å². The van der Waals surface area contributed by atoms with Crippen LogP contribution in [0, 0.1) is 13.8 Å². The van der Waals surface area contributed by atoms with Crippen molar-refractivity contribution in [3.05, 3.63) is 46.2 Å². The van der Waals surface area contributed by atoms with Gasteiger partial charge in [0.15, 0.2) is 0 Å². The number of nitrogens with one attached hydrogen (secondary N) is 1. The molecule has 2 rings (SSSR count). The number of hydrogen-bond donors (Lipinski definition) is 1. The van der Waals surface area contributed by atoms with Crippen LogP contribution in [0.1, 0.15) is 35.3 Å². The largest absolute Gasteiger partial charge is 0.339 e. The van der Waals surface area contributed by atoms with Gasteiger partial charge in [-0.25, -0.2) is 9.97 Å². The van der Waals surface area contributed by atoms with Crippen LogP contribution in [0.25, 0.3) is 0 Å². The Kier molecular flexibility index (Phi) is 5.55. The number of carbonyl (C=O) groups is 1. The highest BCUT2D eigenvalue weighted by molar-refractivity contribution is 6.33. The summed E-state index contributed by atoms with van der Waals surface area (Å²) in [7, 11) is 0.